The van der Waals surface area contributed by atoms with Crippen LogP contribution in [0.5, 0.6) is 0 Å². The lowest BCUT2D eigenvalue weighted by atomic mass is 10.3. The molecule has 0 fully saturated rings. The molecule has 0 spiro atoms. The Morgan fingerprint density at radius 3 is 2.39 bits per heavy atom. The van der Waals surface area contributed by atoms with Crippen LogP contribution in [0.2, 0.25) is 0 Å². The Morgan fingerprint density at radius 1 is 1.33 bits per heavy atom. The molecule has 0 atom stereocenters. The van der Waals surface area contributed by atoms with E-state index in [1.807, 2.05) is 13.8 Å². The van der Waals surface area contributed by atoms with Gasteiger partial charge in [0.25, 0.3) is 5.92 Å². The number of alkyl halides is 2. The Labute approximate surface area is 108 Å². The SMILES string of the molecule is CC.CC(C)N1Cc2cn(CC(C)(F)F)nc2C1. The molecule has 2 rings (SSSR count). The van der Waals surface area contributed by atoms with Gasteiger partial charge in [-0.15, -0.1) is 0 Å². The topological polar surface area (TPSA) is 21.1 Å². The average molecular weight is 259 g/mol. The predicted molar refractivity (Wildman–Crippen MR) is 68.6 cm³/mol. The Hall–Kier alpha value is -0.970. The summed E-state index contributed by atoms with van der Waals surface area (Å²) in [6, 6.07) is 0.468. The Balaban J connectivity index is 0.000000771. The van der Waals surface area contributed by atoms with E-state index in [1.165, 1.54) is 4.68 Å². The number of hydrogen-bond acceptors (Lipinski definition) is 2. The molecule has 18 heavy (non-hydrogen) atoms. The van der Waals surface area contributed by atoms with Gasteiger partial charge >= 0.3 is 0 Å². The molecule has 0 aliphatic carbocycles. The molecule has 3 nitrogen and oxygen atoms in total. The third-order valence-corrected chi connectivity index (χ3v) is 2.82. The van der Waals surface area contributed by atoms with Gasteiger partial charge in [-0.1, -0.05) is 13.8 Å². The zero-order valence-corrected chi connectivity index (χ0v) is 11.9. The fourth-order valence-corrected chi connectivity index (χ4v) is 1.97. The van der Waals surface area contributed by atoms with Gasteiger partial charge in [-0.25, -0.2) is 8.78 Å². The van der Waals surface area contributed by atoms with Gasteiger partial charge in [0.05, 0.1) is 5.69 Å². The van der Waals surface area contributed by atoms with Crippen molar-refractivity contribution < 1.29 is 8.78 Å². The highest BCUT2D eigenvalue weighted by atomic mass is 19.3. The van der Waals surface area contributed by atoms with E-state index in [9.17, 15) is 8.78 Å². The van der Waals surface area contributed by atoms with Crippen molar-refractivity contribution in [1.82, 2.24) is 14.7 Å². The Bertz CT molecular complexity index is 357. The van der Waals surface area contributed by atoms with Gasteiger partial charge in [0.1, 0.15) is 6.54 Å². The zero-order valence-electron chi connectivity index (χ0n) is 11.9. The summed E-state index contributed by atoms with van der Waals surface area (Å²) < 4.78 is 27.0. The maximum atomic E-state index is 12.8. The van der Waals surface area contributed by atoms with Crippen molar-refractivity contribution in [3.8, 4) is 0 Å². The van der Waals surface area contributed by atoms with Gasteiger partial charge in [0.2, 0.25) is 0 Å². The summed E-state index contributed by atoms with van der Waals surface area (Å²) in [7, 11) is 0. The minimum absolute atomic E-state index is 0.332. The van der Waals surface area contributed by atoms with Crippen LogP contribution < -0.4 is 0 Å². The smallest absolute Gasteiger partial charge is 0.264 e. The first kappa shape index (κ1) is 15.1. The highest BCUT2D eigenvalue weighted by molar-refractivity contribution is 5.21. The third kappa shape index (κ3) is 3.77. The molecule has 0 saturated heterocycles. The second kappa shape index (κ2) is 5.78. The van der Waals surface area contributed by atoms with E-state index < -0.39 is 5.92 Å². The van der Waals surface area contributed by atoms with Crippen LogP contribution in [-0.4, -0.2) is 26.6 Å². The molecule has 0 N–H and O–H groups in total. The first-order valence-electron chi connectivity index (χ1n) is 6.52. The molecule has 1 aromatic heterocycles. The summed E-state index contributed by atoms with van der Waals surface area (Å²) in [6.45, 7) is 10.4. The lowest BCUT2D eigenvalue weighted by molar-refractivity contribution is 0.000298. The lowest BCUT2D eigenvalue weighted by Gasteiger charge is -2.19. The van der Waals surface area contributed by atoms with Crippen LogP contribution in [-0.2, 0) is 19.6 Å². The van der Waals surface area contributed by atoms with Crippen molar-refractivity contribution in [2.24, 2.45) is 0 Å². The molecule has 0 bridgehead atoms. The Morgan fingerprint density at radius 2 is 1.94 bits per heavy atom. The quantitative estimate of drug-likeness (QED) is 0.830. The average Bonchev–Trinajstić information content (AvgIpc) is 2.75. The molecule has 5 heteroatoms. The van der Waals surface area contributed by atoms with Crippen LogP contribution in [0.25, 0.3) is 0 Å². The molecular formula is C13H23F2N3. The number of hydrogen-bond donors (Lipinski definition) is 0. The molecule has 1 aromatic rings. The number of rotatable bonds is 3. The van der Waals surface area contributed by atoms with Crippen LogP contribution in [0.4, 0.5) is 8.78 Å². The molecule has 0 unspecified atom stereocenters. The van der Waals surface area contributed by atoms with Crippen molar-refractivity contribution in [3.05, 3.63) is 17.5 Å². The van der Waals surface area contributed by atoms with Gasteiger partial charge < -0.3 is 0 Å². The summed E-state index contributed by atoms with van der Waals surface area (Å²) in [5.74, 6) is -2.70. The molecule has 0 radical (unpaired) electrons. The zero-order chi connectivity index (χ0) is 13.9. The molecule has 104 valence electrons. The first-order valence-corrected chi connectivity index (χ1v) is 6.52. The van der Waals surface area contributed by atoms with Crippen molar-refractivity contribution >= 4 is 0 Å². The molecular weight excluding hydrogens is 236 g/mol. The maximum absolute atomic E-state index is 12.8. The van der Waals surface area contributed by atoms with Crippen LogP contribution in [0, 0.1) is 0 Å². The highest BCUT2D eigenvalue weighted by Crippen LogP contribution is 2.24. The predicted octanol–water partition coefficient (Wildman–Crippen LogP) is 3.29. The van der Waals surface area contributed by atoms with E-state index in [4.69, 9.17) is 0 Å². The maximum Gasteiger partial charge on any atom is 0.264 e. The standard InChI is InChI=1S/C11H17F2N3.C2H6/c1-8(2)15-4-9-5-16(7-11(3,12)13)14-10(9)6-15;1-2/h5,8H,4,6-7H2,1-3H3;1-2H3. The van der Waals surface area contributed by atoms with Crippen LogP contribution in [0.3, 0.4) is 0 Å². The van der Waals surface area contributed by atoms with Crippen LogP contribution in [0.15, 0.2) is 6.20 Å². The van der Waals surface area contributed by atoms with Crippen molar-refractivity contribution in [3.63, 3.8) is 0 Å². The normalized spacial score (nSPS) is 15.6. The summed E-state index contributed by atoms with van der Waals surface area (Å²) in [4.78, 5) is 2.27. The number of halogens is 2. The molecule has 0 saturated carbocycles. The molecule has 1 aliphatic rings. The van der Waals surface area contributed by atoms with E-state index >= 15 is 0 Å². The number of fused-ring (bicyclic) bond motifs is 1. The van der Waals surface area contributed by atoms with Crippen molar-refractivity contribution in [2.75, 3.05) is 0 Å². The Kier molecular flexibility index (Phi) is 4.85. The summed E-state index contributed by atoms with van der Waals surface area (Å²) in [6.07, 6.45) is 1.75. The molecule has 0 aromatic carbocycles. The second-order valence-electron chi connectivity index (χ2n) is 4.87. The lowest BCUT2D eigenvalue weighted by Crippen LogP contribution is -2.26. The minimum atomic E-state index is -2.70. The van der Waals surface area contributed by atoms with E-state index in [1.54, 1.807) is 6.20 Å². The van der Waals surface area contributed by atoms with Gasteiger partial charge in [-0.05, 0) is 13.8 Å². The van der Waals surface area contributed by atoms with Gasteiger partial charge in [-0.3, -0.25) is 9.58 Å². The van der Waals surface area contributed by atoms with Gasteiger partial charge in [-0.2, -0.15) is 5.10 Å². The van der Waals surface area contributed by atoms with Gasteiger partial charge in [0, 0.05) is 37.8 Å². The molecule has 2 heterocycles. The van der Waals surface area contributed by atoms with Crippen LogP contribution in [0.1, 0.15) is 45.9 Å². The molecule has 0 amide bonds. The van der Waals surface area contributed by atoms with E-state index in [0.717, 1.165) is 31.3 Å². The number of nitrogens with zero attached hydrogens (tertiary/aromatic N) is 3. The molecule has 1 aliphatic heterocycles. The fourth-order valence-electron chi connectivity index (χ4n) is 1.97. The van der Waals surface area contributed by atoms with Gasteiger partial charge in [0.15, 0.2) is 0 Å². The summed E-state index contributed by atoms with van der Waals surface area (Å²) in [5, 5.41) is 4.20. The second-order valence-corrected chi connectivity index (χ2v) is 4.87. The number of aromatic nitrogens is 2. The summed E-state index contributed by atoms with van der Waals surface area (Å²) >= 11 is 0. The largest absolute Gasteiger partial charge is 0.291 e. The summed E-state index contributed by atoms with van der Waals surface area (Å²) in [5.41, 5.74) is 2.02. The fraction of sp³-hybridized carbons (Fsp3) is 0.769. The highest BCUT2D eigenvalue weighted by Gasteiger charge is 2.27. The van der Waals surface area contributed by atoms with E-state index in [0.29, 0.717) is 6.04 Å². The minimum Gasteiger partial charge on any atom is -0.291 e. The van der Waals surface area contributed by atoms with Crippen molar-refractivity contribution in [1.29, 1.82) is 0 Å². The van der Waals surface area contributed by atoms with Crippen molar-refractivity contribution in [2.45, 2.75) is 66.2 Å². The third-order valence-electron chi connectivity index (χ3n) is 2.82. The van der Waals surface area contributed by atoms with Crippen LogP contribution >= 0.6 is 0 Å². The van der Waals surface area contributed by atoms with E-state index in [-0.39, 0.29) is 6.54 Å². The first-order chi connectivity index (χ1) is 8.35. The van der Waals surface area contributed by atoms with E-state index in [2.05, 4.69) is 23.8 Å². The monoisotopic (exact) mass is 259 g/mol.